The van der Waals surface area contributed by atoms with Crippen LogP contribution in [0.4, 0.5) is 0 Å². The fourth-order valence-electron chi connectivity index (χ4n) is 4.79. The van der Waals surface area contributed by atoms with Crippen LogP contribution in [0, 0.1) is 11.8 Å². The Morgan fingerprint density at radius 3 is 2.52 bits per heavy atom. The van der Waals surface area contributed by atoms with Crippen molar-refractivity contribution in [3.05, 3.63) is 30.1 Å². The number of aromatic nitrogens is 1. The highest BCUT2D eigenvalue weighted by Gasteiger charge is 2.45. The SMILES string of the molecule is O=C(c1ccncc1)N1CC[NH+]([C@H]2C[C@H]3CC[C@@H]2C3)CC1. The lowest BCUT2D eigenvalue weighted by Gasteiger charge is -2.38. The first-order chi connectivity index (χ1) is 10.3. The third kappa shape index (κ3) is 2.46. The number of carbonyl (C=O) groups is 1. The van der Waals surface area contributed by atoms with Crippen LogP contribution in [0.3, 0.4) is 0 Å². The van der Waals surface area contributed by atoms with Gasteiger partial charge in [0.25, 0.3) is 5.91 Å². The van der Waals surface area contributed by atoms with Crippen molar-refractivity contribution >= 4 is 5.91 Å². The molecule has 3 fully saturated rings. The second kappa shape index (κ2) is 5.41. The predicted molar refractivity (Wildman–Crippen MR) is 80.1 cm³/mol. The molecule has 3 aliphatic rings. The van der Waals surface area contributed by atoms with E-state index < -0.39 is 0 Å². The molecule has 4 rings (SSSR count). The van der Waals surface area contributed by atoms with Crippen LogP contribution in [0.25, 0.3) is 0 Å². The molecule has 0 unspecified atom stereocenters. The fourth-order valence-corrected chi connectivity index (χ4v) is 4.79. The second-order valence-electron chi connectivity index (χ2n) is 6.97. The fraction of sp³-hybridized carbons (Fsp3) is 0.647. The molecule has 0 spiro atoms. The molecule has 1 aromatic rings. The summed E-state index contributed by atoms with van der Waals surface area (Å²) in [7, 11) is 0. The third-order valence-electron chi connectivity index (χ3n) is 5.88. The van der Waals surface area contributed by atoms with Crippen molar-refractivity contribution < 1.29 is 9.69 Å². The Balaban J connectivity index is 1.36. The third-order valence-corrected chi connectivity index (χ3v) is 5.88. The van der Waals surface area contributed by atoms with E-state index in [-0.39, 0.29) is 5.91 Å². The molecular weight excluding hydrogens is 262 g/mol. The Morgan fingerprint density at radius 2 is 1.90 bits per heavy atom. The van der Waals surface area contributed by atoms with Gasteiger partial charge in [-0.2, -0.15) is 0 Å². The first-order valence-electron chi connectivity index (χ1n) is 8.35. The van der Waals surface area contributed by atoms with Crippen molar-refractivity contribution in [1.29, 1.82) is 0 Å². The zero-order valence-electron chi connectivity index (χ0n) is 12.5. The van der Waals surface area contributed by atoms with Gasteiger partial charge in [-0.3, -0.25) is 9.78 Å². The molecule has 1 saturated heterocycles. The summed E-state index contributed by atoms with van der Waals surface area (Å²) < 4.78 is 0. The molecule has 0 aromatic carbocycles. The zero-order chi connectivity index (χ0) is 14.2. The van der Waals surface area contributed by atoms with E-state index in [0.717, 1.165) is 49.6 Å². The lowest BCUT2D eigenvalue weighted by atomic mass is 9.93. The Morgan fingerprint density at radius 1 is 1.14 bits per heavy atom. The maximum absolute atomic E-state index is 12.4. The van der Waals surface area contributed by atoms with Crippen molar-refractivity contribution in [2.75, 3.05) is 26.2 Å². The van der Waals surface area contributed by atoms with Crippen molar-refractivity contribution in [3.8, 4) is 0 Å². The van der Waals surface area contributed by atoms with Crippen LogP contribution in [0.15, 0.2) is 24.5 Å². The van der Waals surface area contributed by atoms with Crippen LogP contribution in [-0.4, -0.2) is 48.0 Å². The molecule has 4 nitrogen and oxygen atoms in total. The summed E-state index contributed by atoms with van der Waals surface area (Å²) in [5.74, 6) is 2.17. The Labute approximate surface area is 126 Å². The minimum Gasteiger partial charge on any atom is -0.329 e. The molecule has 2 heterocycles. The van der Waals surface area contributed by atoms with Gasteiger partial charge < -0.3 is 9.80 Å². The van der Waals surface area contributed by atoms with Gasteiger partial charge in [-0.15, -0.1) is 0 Å². The number of quaternary nitrogens is 1. The summed E-state index contributed by atoms with van der Waals surface area (Å²) in [6.07, 6.45) is 9.25. The summed E-state index contributed by atoms with van der Waals surface area (Å²) in [5.41, 5.74) is 0.772. The molecular formula is C17H24N3O+. The maximum atomic E-state index is 12.4. The zero-order valence-corrected chi connectivity index (χ0v) is 12.5. The molecule has 1 amide bonds. The number of pyridine rings is 1. The first-order valence-corrected chi connectivity index (χ1v) is 8.35. The summed E-state index contributed by atoms with van der Waals surface area (Å²) >= 11 is 0. The number of carbonyl (C=O) groups excluding carboxylic acids is 1. The van der Waals surface area contributed by atoms with Gasteiger partial charge in [0.2, 0.25) is 0 Å². The monoisotopic (exact) mass is 286 g/mol. The Hall–Kier alpha value is -1.42. The van der Waals surface area contributed by atoms with Crippen LogP contribution in [0.5, 0.6) is 0 Å². The molecule has 1 aromatic heterocycles. The number of nitrogens with one attached hydrogen (secondary N) is 1. The number of hydrogen-bond acceptors (Lipinski definition) is 2. The standard InChI is InChI=1S/C17H23N3O/c21-17(14-3-5-18-6-4-14)20-9-7-19(8-10-20)16-12-13-1-2-15(16)11-13/h3-6,13,15-16H,1-2,7-12H2/p+1/t13-,15+,16-/m0/s1. The van der Waals surface area contributed by atoms with E-state index in [9.17, 15) is 4.79 Å². The second-order valence-corrected chi connectivity index (χ2v) is 6.97. The highest BCUT2D eigenvalue weighted by atomic mass is 16.2. The number of hydrogen-bond donors (Lipinski definition) is 1. The van der Waals surface area contributed by atoms with E-state index in [1.807, 2.05) is 17.0 Å². The topological polar surface area (TPSA) is 37.6 Å². The average Bonchev–Trinajstić information content (AvgIpc) is 3.18. The van der Waals surface area contributed by atoms with Crippen LogP contribution < -0.4 is 4.90 Å². The van der Waals surface area contributed by atoms with E-state index in [4.69, 9.17) is 0 Å². The smallest absolute Gasteiger partial charge is 0.254 e. The summed E-state index contributed by atoms with van der Waals surface area (Å²) in [5, 5.41) is 0. The summed E-state index contributed by atoms with van der Waals surface area (Å²) in [6, 6.07) is 4.52. The summed E-state index contributed by atoms with van der Waals surface area (Å²) in [6.45, 7) is 4.07. The van der Waals surface area contributed by atoms with E-state index in [2.05, 4.69) is 4.98 Å². The Kier molecular flexibility index (Phi) is 3.42. The average molecular weight is 286 g/mol. The van der Waals surface area contributed by atoms with Crippen LogP contribution >= 0.6 is 0 Å². The Bertz CT molecular complexity index is 510. The van der Waals surface area contributed by atoms with Gasteiger partial charge in [0, 0.05) is 30.3 Å². The summed E-state index contributed by atoms with van der Waals surface area (Å²) in [4.78, 5) is 20.2. The van der Waals surface area contributed by atoms with E-state index >= 15 is 0 Å². The lowest BCUT2D eigenvalue weighted by Crippen LogP contribution is -3.18. The van der Waals surface area contributed by atoms with Gasteiger partial charge in [-0.05, 0) is 37.3 Å². The van der Waals surface area contributed by atoms with Gasteiger partial charge in [-0.25, -0.2) is 0 Å². The van der Waals surface area contributed by atoms with Gasteiger partial charge in [0.1, 0.15) is 0 Å². The molecule has 0 radical (unpaired) electrons. The van der Waals surface area contributed by atoms with Crippen molar-refractivity contribution in [1.82, 2.24) is 9.88 Å². The van der Waals surface area contributed by atoms with E-state index in [1.165, 1.54) is 25.7 Å². The number of rotatable bonds is 2. The van der Waals surface area contributed by atoms with Gasteiger partial charge in [0.05, 0.1) is 32.2 Å². The van der Waals surface area contributed by atoms with Crippen LogP contribution in [0.2, 0.25) is 0 Å². The van der Waals surface area contributed by atoms with Crippen LogP contribution in [0.1, 0.15) is 36.0 Å². The van der Waals surface area contributed by atoms with Gasteiger partial charge >= 0.3 is 0 Å². The first kappa shape index (κ1) is 13.3. The molecule has 2 saturated carbocycles. The minimum absolute atomic E-state index is 0.171. The highest BCUT2D eigenvalue weighted by molar-refractivity contribution is 5.94. The molecule has 2 aliphatic carbocycles. The highest BCUT2D eigenvalue weighted by Crippen LogP contribution is 2.43. The minimum atomic E-state index is 0.171. The predicted octanol–water partition coefficient (Wildman–Crippen LogP) is 0.611. The maximum Gasteiger partial charge on any atom is 0.254 e. The quantitative estimate of drug-likeness (QED) is 0.865. The normalized spacial score (nSPS) is 32.6. The molecule has 112 valence electrons. The van der Waals surface area contributed by atoms with Crippen molar-refractivity contribution in [3.63, 3.8) is 0 Å². The van der Waals surface area contributed by atoms with Crippen molar-refractivity contribution in [2.45, 2.75) is 31.7 Å². The van der Waals surface area contributed by atoms with Gasteiger partial charge in [-0.1, -0.05) is 0 Å². The lowest BCUT2D eigenvalue weighted by molar-refractivity contribution is -0.932. The molecule has 4 heteroatoms. The van der Waals surface area contributed by atoms with E-state index in [0.29, 0.717) is 0 Å². The molecule has 2 bridgehead atoms. The molecule has 1 N–H and O–H groups in total. The molecule has 1 aliphatic heterocycles. The molecule has 21 heavy (non-hydrogen) atoms. The number of piperazine rings is 1. The number of fused-ring (bicyclic) bond motifs is 2. The number of nitrogens with zero attached hydrogens (tertiary/aromatic N) is 2. The van der Waals surface area contributed by atoms with E-state index in [1.54, 1.807) is 17.3 Å². The van der Waals surface area contributed by atoms with Gasteiger partial charge in [0.15, 0.2) is 0 Å². The molecule has 3 atom stereocenters. The largest absolute Gasteiger partial charge is 0.329 e. The number of amides is 1. The van der Waals surface area contributed by atoms with Crippen molar-refractivity contribution in [2.24, 2.45) is 11.8 Å². The van der Waals surface area contributed by atoms with Crippen LogP contribution in [-0.2, 0) is 0 Å².